The Morgan fingerprint density at radius 2 is 1.85 bits per heavy atom. The number of hydrogen-bond acceptors (Lipinski definition) is 6. The van der Waals surface area contributed by atoms with E-state index in [2.05, 4.69) is 18.7 Å². The lowest BCUT2D eigenvalue weighted by Crippen LogP contribution is -2.52. The molecular formula is C18H30ClN3O4. The molecule has 1 aliphatic rings. The molecule has 1 fully saturated rings. The van der Waals surface area contributed by atoms with E-state index in [1.165, 1.54) is 0 Å². The van der Waals surface area contributed by atoms with E-state index in [0.717, 1.165) is 31.6 Å². The first-order valence-corrected chi connectivity index (χ1v) is 8.40. The van der Waals surface area contributed by atoms with Gasteiger partial charge in [0.05, 0.1) is 14.2 Å². The molecule has 26 heavy (non-hydrogen) atoms. The normalized spacial score (nSPS) is 19.3. The number of nitrogens with two attached hydrogens (primary N) is 2. The third-order valence-corrected chi connectivity index (χ3v) is 4.68. The second-order valence-corrected chi connectivity index (χ2v) is 7.18. The number of likely N-dealkylation sites (tertiary alicyclic amines) is 1. The Bertz CT molecular complexity index is 599. The smallest absolute Gasteiger partial charge is 0.255 e. The highest BCUT2D eigenvalue weighted by Crippen LogP contribution is 2.39. The molecule has 1 aromatic rings. The minimum atomic E-state index is -0.555. The third-order valence-electron chi connectivity index (χ3n) is 4.68. The summed E-state index contributed by atoms with van der Waals surface area (Å²) in [5.74, 6) is 0.862. The number of nitrogens with zero attached hydrogens (tertiary/aromatic N) is 1. The lowest BCUT2D eigenvalue weighted by atomic mass is 9.79. The fourth-order valence-electron chi connectivity index (χ4n) is 3.19. The van der Waals surface area contributed by atoms with Crippen LogP contribution in [0, 0.1) is 5.41 Å². The summed E-state index contributed by atoms with van der Waals surface area (Å²) in [4.78, 5) is 13.4. The molecule has 7 nitrogen and oxygen atoms in total. The zero-order valence-electron chi connectivity index (χ0n) is 15.9. The molecule has 4 N–H and O–H groups in total. The number of hydrogen-bond donors (Lipinski definition) is 2. The Hall–Kier alpha value is -1.70. The summed E-state index contributed by atoms with van der Waals surface area (Å²) in [5, 5.41) is 0. The summed E-state index contributed by atoms with van der Waals surface area (Å²) in [5.41, 5.74) is 12.5. The average molecular weight is 388 g/mol. The predicted molar refractivity (Wildman–Crippen MR) is 103 cm³/mol. The van der Waals surface area contributed by atoms with E-state index >= 15 is 0 Å². The van der Waals surface area contributed by atoms with E-state index in [4.69, 9.17) is 25.7 Å². The van der Waals surface area contributed by atoms with Gasteiger partial charge in [0.15, 0.2) is 18.1 Å². The summed E-state index contributed by atoms with van der Waals surface area (Å²) in [7, 11) is 3.11. The van der Waals surface area contributed by atoms with Gasteiger partial charge in [-0.25, -0.2) is 0 Å². The van der Waals surface area contributed by atoms with Gasteiger partial charge in [-0.2, -0.15) is 0 Å². The molecule has 0 bridgehead atoms. The van der Waals surface area contributed by atoms with Crippen LogP contribution in [-0.4, -0.2) is 50.8 Å². The van der Waals surface area contributed by atoms with Crippen molar-refractivity contribution in [3.05, 3.63) is 17.7 Å². The van der Waals surface area contributed by atoms with E-state index < -0.39 is 5.91 Å². The van der Waals surface area contributed by atoms with Crippen molar-refractivity contribution in [1.82, 2.24) is 4.90 Å². The molecule has 0 aromatic heterocycles. The van der Waals surface area contributed by atoms with Gasteiger partial charge in [0, 0.05) is 25.7 Å². The number of piperidine rings is 1. The molecule has 0 aliphatic carbocycles. The molecule has 0 saturated carbocycles. The Labute approximate surface area is 161 Å². The first-order valence-electron chi connectivity index (χ1n) is 8.40. The van der Waals surface area contributed by atoms with Crippen molar-refractivity contribution in [1.29, 1.82) is 0 Å². The first kappa shape index (κ1) is 22.3. The zero-order valence-corrected chi connectivity index (χ0v) is 16.7. The van der Waals surface area contributed by atoms with Gasteiger partial charge in [0.2, 0.25) is 5.75 Å². The largest absolute Gasteiger partial charge is 0.493 e. The van der Waals surface area contributed by atoms with Crippen LogP contribution in [0.1, 0.15) is 25.8 Å². The van der Waals surface area contributed by atoms with Gasteiger partial charge in [-0.15, -0.1) is 12.4 Å². The van der Waals surface area contributed by atoms with Crippen LogP contribution >= 0.6 is 12.4 Å². The summed E-state index contributed by atoms with van der Waals surface area (Å²) in [6.45, 7) is 6.81. The number of benzene rings is 1. The van der Waals surface area contributed by atoms with Crippen LogP contribution in [0.25, 0.3) is 0 Å². The summed E-state index contributed by atoms with van der Waals surface area (Å²) in [6.07, 6.45) is 0.973. The van der Waals surface area contributed by atoms with Crippen LogP contribution < -0.4 is 25.7 Å². The fourth-order valence-corrected chi connectivity index (χ4v) is 3.19. The van der Waals surface area contributed by atoms with Crippen molar-refractivity contribution in [3.63, 3.8) is 0 Å². The molecular weight excluding hydrogens is 358 g/mol. The standard InChI is InChI=1S/C18H29N3O4.ClH/c1-18(2)11-21(6-5-15(18)19)9-12-7-13(23-3)17(14(8-12)24-4)25-10-16(20)22;/h7-8,15H,5-6,9-11,19H2,1-4H3,(H2,20,22);1H. The molecule has 1 amide bonds. The number of carbonyl (C=O) groups excluding carboxylic acids is 1. The Balaban J connectivity index is 0.00000338. The zero-order chi connectivity index (χ0) is 18.6. The van der Waals surface area contributed by atoms with E-state index in [9.17, 15) is 4.79 Å². The Morgan fingerprint density at radius 1 is 1.27 bits per heavy atom. The number of ether oxygens (including phenoxy) is 3. The van der Waals surface area contributed by atoms with Crippen LogP contribution in [0.3, 0.4) is 0 Å². The number of carbonyl (C=O) groups is 1. The van der Waals surface area contributed by atoms with Crippen molar-refractivity contribution in [2.75, 3.05) is 33.9 Å². The minimum absolute atomic E-state index is 0. The van der Waals surface area contributed by atoms with Crippen LogP contribution in [0.4, 0.5) is 0 Å². The number of halogens is 1. The number of methoxy groups -OCH3 is 2. The molecule has 0 radical (unpaired) electrons. The molecule has 1 aliphatic heterocycles. The Morgan fingerprint density at radius 3 is 2.31 bits per heavy atom. The van der Waals surface area contributed by atoms with E-state index in [1.54, 1.807) is 14.2 Å². The van der Waals surface area contributed by atoms with Crippen LogP contribution in [0.5, 0.6) is 17.2 Å². The van der Waals surface area contributed by atoms with E-state index in [1.807, 2.05) is 12.1 Å². The molecule has 2 rings (SSSR count). The molecule has 0 spiro atoms. The number of rotatable bonds is 7. The monoisotopic (exact) mass is 387 g/mol. The molecule has 1 atom stereocenters. The van der Waals surface area contributed by atoms with E-state index in [0.29, 0.717) is 17.2 Å². The van der Waals surface area contributed by atoms with Crippen LogP contribution in [0.15, 0.2) is 12.1 Å². The maximum atomic E-state index is 11.0. The molecule has 1 saturated heterocycles. The van der Waals surface area contributed by atoms with Crippen LogP contribution in [0.2, 0.25) is 0 Å². The van der Waals surface area contributed by atoms with Crippen molar-refractivity contribution < 1.29 is 19.0 Å². The van der Waals surface area contributed by atoms with Gasteiger partial charge < -0.3 is 25.7 Å². The predicted octanol–water partition coefficient (Wildman–Crippen LogP) is 1.55. The van der Waals surface area contributed by atoms with Crippen molar-refractivity contribution in [2.24, 2.45) is 16.9 Å². The van der Waals surface area contributed by atoms with E-state index in [-0.39, 0.29) is 30.5 Å². The maximum Gasteiger partial charge on any atom is 0.255 e. The highest BCUT2D eigenvalue weighted by Gasteiger charge is 2.33. The van der Waals surface area contributed by atoms with Crippen molar-refractivity contribution >= 4 is 18.3 Å². The summed E-state index contributed by atoms with van der Waals surface area (Å²) >= 11 is 0. The average Bonchev–Trinajstić information content (AvgIpc) is 2.55. The lowest BCUT2D eigenvalue weighted by molar-refractivity contribution is -0.119. The second-order valence-electron chi connectivity index (χ2n) is 7.18. The summed E-state index contributed by atoms with van der Waals surface area (Å²) < 4.78 is 16.3. The van der Waals surface area contributed by atoms with Gasteiger partial charge in [-0.1, -0.05) is 13.8 Å². The second kappa shape index (κ2) is 9.30. The van der Waals surface area contributed by atoms with Crippen molar-refractivity contribution in [2.45, 2.75) is 32.9 Å². The molecule has 1 heterocycles. The third kappa shape index (κ3) is 5.40. The fraction of sp³-hybridized carbons (Fsp3) is 0.611. The lowest BCUT2D eigenvalue weighted by Gasteiger charge is -2.42. The molecule has 1 aromatic carbocycles. The SMILES string of the molecule is COc1cc(CN2CCC(N)C(C)(C)C2)cc(OC)c1OCC(N)=O.Cl. The first-order chi connectivity index (χ1) is 11.8. The van der Waals surface area contributed by atoms with Crippen LogP contribution in [-0.2, 0) is 11.3 Å². The van der Waals surface area contributed by atoms with Gasteiger partial charge in [-0.05, 0) is 29.5 Å². The minimum Gasteiger partial charge on any atom is -0.493 e. The maximum absolute atomic E-state index is 11.0. The topological polar surface area (TPSA) is 100 Å². The van der Waals surface area contributed by atoms with Gasteiger partial charge in [0.25, 0.3) is 5.91 Å². The van der Waals surface area contributed by atoms with Crippen molar-refractivity contribution in [3.8, 4) is 17.2 Å². The highest BCUT2D eigenvalue weighted by molar-refractivity contribution is 5.85. The number of primary amides is 1. The van der Waals surface area contributed by atoms with Gasteiger partial charge in [0.1, 0.15) is 0 Å². The highest BCUT2D eigenvalue weighted by atomic mass is 35.5. The molecule has 1 unspecified atom stereocenters. The number of amides is 1. The quantitative estimate of drug-likeness (QED) is 0.736. The summed E-state index contributed by atoms with van der Waals surface area (Å²) in [6, 6.07) is 4.03. The van der Waals surface area contributed by atoms with Gasteiger partial charge in [-0.3, -0.25) is 9.69 Å². The molecule has 8 heteroatoms. The van der Waals surface area contributed by atoms with Gasteiger partial charge >= 0.3 is 0 Å². The molecule has 148 valence electrons. The Kier molecular flexibility index (Phi) is 7.99.